The van der Waals surface area contributed by atoms with Gasteiger partial charge in [0.25, 0.3) is 11.8 Å². The van der Waals surface area contributed by atoms with Crippen LogP contribution in [0.15, 0.2) is 190 Å². The van der Waals surface area contributed by atoms with Gasteiger partial charge in [-0.3, -0.25) is 14.5 Å². The van der Waals surface area contributed by atoms with Gasteiger partial charge in [0, 0.05) is 18.2 Å². The van der Waals surface area contributed by atoms with Gasteiger partial charge in [0.2, 0.25) is 11.8 Å². The number of amides is 2. The summed E-state index contributed by atoms with van der Waals surface area (Å²) >= 11 is 3.87. The van der Waals surface area contributed by atoms with E-state index in [9.17, 15) is 19.6 Å². The first-order valence-corrected chi connectivity index (χ1v) is 24.0. The van der Waals surface area contributed by atoms with E-state index in [2.05, 4.69) is 31.3 Å². The Morgan fingerprint density at radius 2 is 1.47 bits per heavy atom. The monoisotopic (exact) mass is 956 g/mol. The minimum Gasteiger partial charge on any atom is -0.448 e. The van der Waals surface area contributed by atoms with Gasteiger partial charge in [-0.15, -0.1) is 28.2 Å². The SMILES string of the molecule is Cn1nnnc1S/C=C/C1=C(C(=O)OC(c2ccccc2)c2ccccc2)N2C(=O)C(NC(=O)/C(=N\OCC#N)c3csc(NC(c4ccccc4)(c4ccccc4)c4ccccc4)n3)C2SC1. The fourth-order valence-electron chi connectivity index (χ4n) is 7.93. The zero-order valence-corrected chi connectivity index (χ0v) is 38.6. The summed E-state index contributed by atoms with van der Waals surface area (Å²) in [5, 5.41) is 35.2. The van der Waals surface area contributed by atoms with Gasteiger partial charge in [0.15, 0.2) is 16.9 Å². The number of anilines is 1. The lowest BCUT2D eigenvalue weighted by Gasteiger charge is -2.49. The Kier molecular flexibility index (Phi) is 13.8. The second-order valence-electron chi connectivity index (χ2n) is 15.2. The molecule has 2 atom stereocenters. The predicted molar refractivity (Wildman–Crippen MR) is 260 cm³/mol. The summed E-state index contributed by atoms with van der Waals surface area (Å²) in [6.07, 6.45) is 0.954. The molecule has 2 unspecified atom stereocenters. The molecule has 0 saturated carbocycles. The first-order valence-electron chi connectivity index (χ1n) is 21.2. The third-order valence-corrected chi connectivity index (χ3v) is 14.0. The molecule has 2 N–H and O–H groups in total. The number of hydrogen-bond acceptors (Lipinski definition) is 15. The van der Waals surface area contributed by atoms with Gasteiger partial charge in [-0.2, -0.15) is 5.26 Å². The Morgan fingerprint density at radius 1 is 0.897 bits per heavy atom. The molecule has 2 aliphatic rings. The number of aryl methyl sites for hydroxylation is 1. The number of oxime groups is 1. The molecule has 2 aliphatic heterocycles. The zero-order chi connectivity index (χ0) is 46.9. The maximum Gasteiger partial charge on any atom is 0.356 e. The number of nitrogens with zero attached hydrogens (tertiary/aromatic N) is 8. The van der Waals surface area contributed by atoms with Crippen LogP contribution in [-0.4, -0.2) is 77.4 Å². The maximum absolute atomic E-state index is 14.6. The average molecular weight is 957 g/mol. The third-order valence-electron chi connectivity index (χ3n) is 11.1. The molecule has 1 fully saturated rings. The highest BCUT2D eigenvalue weighted by molar-refractivity contribution is 8.02. The summed E-state index contributed by atoms with van der Waals surface area (Å²) < 4.78 is 7.83. The second-order valence-corrected chi connectivity index (χ2v) is 18.1. The van der Waals surface area contributed by atoms with Crippen molar-refractivity contribution in [3.8, 4) is 6.07 Å². The summed E-state index contributed by atoms with van der Waals surface area (Å²) in [5.74, 6) is -1.73. The fraction of sp³-hybridized carbons (Fsp3) is 0.140. The molecule has 4 heterocycles. The summed E-state index contributed by atoms with van der Waals surface area (Å²) in [6.45, 7) is -0.440. The number of hydrogen-bond donors (Lipinski definition) is 2. The van der Waals surface area contributed by atoms with Crippen molar-refractivity contribution in [1.29, 1.82) is 5.26 Å². The van der Waals surface area contributed by atoms with Crippen LogP contribution in [0.25, 0.3) is 0 Å². The summed E-state index contributed by atoms with van der Waals surface area (Å²) in [5.41, 5.74) is 3.90. The van der Waals surface area contributed by atoms with Crippen LogP contribution in [0.5, 0.6) is 0 Å². The number of aromatic nitrogens is 5. The standard InChI is InChI=1S/C50H40N10O5S3/c1-59-49(55-57-58-59)66-30-27-35-31-67-46-41(45(62)60(46)42(35)47(63)65-43(33-17-7-2-8-18-33)34-19-9-3-10-20-34)53-44(61)40(56-64-29-28-51)39-32-68-48(52-39)54-50(36-21-11-4-12-22-36,37-23-13-5-14-24-37)38-25-15-6-16-26-38/h2-27,30,32,41,43,46H,29,31H2,1H3,(H,52,54)(H,53,61)/b30-27+,56-40-. The van der Waals surface area contributed by atoms with E-state index >= 15 is 0 Å². The van der Waals surface area contributed by atoms with E-state index in [0.717, 1.165) is 27.8 Å². The predicted octanol–water partition coefficient (Wildman–Crippen LogP) is 7.61. The van der Waals surface area contributed by atoms with Crippen molar-refractivity contribution in [2.75, 3.05) is 17.7 Å². The van der Waals surface area contributed by atoms with Crippen molar-refractivity contribution < 1.29 is 24.0 Å². The van der Waals surface area contributed by atoms with Gasteiger partial charge >= 0.3 is 5.97 Å². The number of carbonyl (C=O) groups excluding carboxylic acids is 3. The number of allylic oxidation sites excluding steroid dienone is 1. The van der Waals surface area contributed by atoms with Gasteiger partial charge < -0.3 is 20.2 Å². The molecule has 15 nitrogen and oxygen atoms in total. The smallest absolute Gasteiger partial charge is 0.356 e. The first-order chi connectivity index (χ1) is 33.4. The fourth-order valence-corrected chi connectivity index (χ4v) is 10.6. The van der Waals surface area contributed by atoms with E-state index in [1.807, 2.05) is 158 Å². The molecule has 18 heteroatoms. The lowest BCUT2D eigenvalue weighted by molar-refractivity contribution is -0.154. The first kappa shape index (κ1) is 45.3. The number of thiazole rings is 1. The van der Waals surface area contributed by atoms with Crippen LogP contribution in [0.1, 0.15) is 39.6 Å². The average Bonchev–Trinajstić information content (AvgIpc) is 4.04. The van der Waals surface area contributed by atoms with Gasteiger partial charge in [0.05, 0.1) is 0 Å². The van der Waals surface area contributed by atoms with E-state index in [1.165, 1.54) is 44.4 Å². The van der Waals surface area contributed by atoms with E-state index in [4.69, 9.17) is 14.6 Å². The highest BCUT2D eigenvalue weighted by atomic mass is 32.2. The lowest BCUT2D eigenvalue weighted by atomic mass is 9.77. The van der Waals surface area contributed by atoms with Crippen molar-refractivity contribution in [3.05, 3.63) is 213 Å². The minimum atomic E-state index is -1.07. The minimum absolute atomic E-state index is 0.0502. The summed E-state index contributed by atoms with van der Waals surface area (Å²) in [6, 6.07) is 49.5. The van der Waals surface area contributed by atoms with Crippen LogP contribution in [0.4, 0.5) is 5.13 Å². The molecule has 2 amide bonds. The lowest BCUT2D eigenvalue weighted by Crippen LogP contribution is -2.71. The number of rotatable bonds is 17. The molecule has 5 aromatic carbocycles. The van der Waals surface area contributed by atoms with Crippen molar-refractivity contribution in [2.45, 2.75) is 28.2 Å². The third kappa shape index (κ3) is 9.40. The topological polar surface area (TPSA) is 190 Å². The molecule has 0 aliphatic carbocycles. The Balaban J connectivity index is 1.00. The number of esters is 1. The number of nitrogens with one attached hydrogen (secondary N) is 2. The van der Waals surface area contributed by atoms with E-state index in [0.29, 0.717) is 21.6 Å². The summed E-state index contributed by atoms with van der Waals surface area (Å²) in [4.78, 5) is 54.8. The van der Waals surface area contributed by atoms with Gasteiger partial charge in [0.1, 0.15) is 34.4 Å². The van der Waals surface area contributed by atoms with Crippen LogP contribution in [0.3, 0.4) is 0 Å². The molecule has 338 valence electrons. The molecule has 9 rings (SSSR count). The van der Waals surface area contributed by atoms with E-state index in [-0.39, 0.29) is 17.1 Å². The quantitative estimate of drug-likeness (QED) is 0.0173. The largest absolute Gasteiger partial charge is 0.448 e. The van der Waals surface area contributed by atoms with Gasteiger partial charge in [-0.1, -0.05) is 169 Å². The molecular formula is C50H40N10O5S3. The Labute approximate surface area is 403 Å². The van der Waals surface area contributed by atoms with E-state index < -0.39 is 47.4 Å². The highest BCUT2D eigenvalue weighted by Gasteiger charge is 2.55. The number of β-lactam (4-membered cyclic amide) rings is 1. The van der Waals surface area contributed by atoms with Crippen LogP contribution >= 0.6 is 34.9 Å². The number of benzene rings is 5. The Hall–Kier alpha value is -7.85. The van der Waals surface area contributed by atoms with Crippen molar-refractivity contribution in [1.82, 2.24) is 35.4 Å². The van der Waals surface area contributed by atoms with Gasteiger partial charge in [-0.05, 0) is 55.3 Å². The number of thioether (sulfide) groups is 2. The van der Waals surface area contributed by atoms with Crippen molar-refractivity contribution in [3.63, 3.8) is 0 Å². The van der Waals surface area contributed by atoms with E-state index in [1.54, 1.807) is 23.9 Å². The molecule has 7 aromatic rings. The highest BCUT2D eigenvalue weighted by Crippen LogP contribution is 2.43. The molecular weight excluding hydrogens is 917 g/mol. The number of ether oxygens (including phenoxy) is 1. The van der Waals surface area contributed by atoms with Crippen LogP contribution < -0.4 is 10.6 Å². The number of tetrazole rings is 1. The van der Waals surface area contributed by atoms with Crippen molar-refractivity contribution in [2.24, 2.45) is 12.2 Å². The number of fused-ring (bicyclic) bond motifs is 1. The molecule has 2 aromatic heterocycles. The Bertz CT molecular complexity index is 2900. The van der Waals surface area contributed by atoms with Gasteiger partial charge in [-0.25, -0.2) is 14.5 Å². The van der Waals surface area contributed by atoms with Crippen LogP contribution in [0.2, 0.25) is 0 Å². The number of nitriles is 1. The Morgan fingerprint density at radius 3 is 2.01 bits per heavy atom. The maximum atomic E-state index is 14.6. The summed E-state index contributed by atoms with van der Waals surface area (Å²) in [7, 11) is 1.71. The molecule has 0 spiro atoms. The molecule has 68 heavy (non-hydrogen) atoms. The second kappa shape index (κ2) is 20.8. The molecule has 0 bridgehead atoms. The van der Waals surface area contributed by atoms with Crippen LogP contribution in [-0.2, 0) is 36.5 Å². The molecule has 0 radical (unpaired) electrons. The van der Waals surface area contributed by atoms with Crippen LogP contribution in [0, 0.1) is 11.3 Å². The molecule has 1 saturated heterocycles. The normalized spacial score (nSPS) is 15.9. The van der Waals surface area contributed by atoms with Crippen molar-refractivity contribution >= 4 is 63.5 Å². The zero-order valence-electron chi connectivity index (χ0n) is 36.2. The number of carbonyl (C=O) groups is 3.